The van der Waals surface area contributed by atoms with E-state index in [1.807, 2.05) is 16.8 Å². The van der Waals surface area contributed by atoms with Gasteiger partial charge in [0.05, 0.1) is 31.8 Å². The predicted molar refractivity (Wildman–Crippen MR) is 124 cm³/mol. The third-order valence-corrected chi connectivity index (χ3v) is 5.89. The molecule has 0 amide bonds. The van der Waals surface area contributed by atoms with Crippen LogP contribution in [-0.2, 0) is 13.0 Å². The Kier molecular flexibility index (Phi) is 4.93. The zero-order valence-electron chi connectivity index (χ0n) is 18.0. The lowest BCUT2D eigenvalue weighted by Crippen LogP contribution is -2.36. The summed E-state index contributed by atoms with van der Waals surface area (Å²) in [5.74, 6) is 1.92. The molecule has 2 aromatic carbocycles. The number of nitrogens with two attached hydrogens (primary N) is 2. The second kappa shape index (κ2) is 7.92. The van der Waals surface area contributed by atoms with Crippen molar-refractivity contribution in [2.24, 2.45) is 0 Å². The van der Waals surface area contributed by atoms with Crippen LogP contribution in [0.3, 0.4) is 0 Å². The van der Waals surface area contributed by atoms with Crippen molar-refractivity contribution in [3.63, 3.8) is 0 Å². The number of fused-ring (bicyclic) bond motifs is 2. The third-order valence-electron chi connectivity index (χ3n) is 5.89. The Morgan fingerprint density at radius 2 is 1.84 bits per heavy atom. The lowest BCUT2D eigenvalue weighted by molar-refractivity contribution is 0.354. The number of methoxy groups -OCH3 is 2. The molecule has 0 spiro atoms. The largest absolute Gasteiger partial charge is 0.493 e. The topological polar surface area (TPSA) is 117 Å². The van der Waals surface area contributed by atoms with E-state index in [-0.39, 0.29) is 12.0 Å². The standard InChI is InChI=1S/C23H25N7O2/c1-31-19-8-7-14(9-20(19)32-2)12-29-13-16(10-15-5-3-4-6-18(15)29)30-22-17(11-26-30)21(24)27-23(25)28-22/h3-9,11,16H,10,12-13H2,1-2H3,(H4,24,25,27,28). The van der Waals surface area contributed by atoms with Crippen molar-refractivity contribution in [3.05, 3.63) is 59.8 Å². The number of benzene rings is 2. The summed E-state index contributed by atoms with van der Waals surface area (Å²) in [4.78, 5) is 10.8. The second-order valence-corrected chi connectivity index (χ2v) is 7.85. The van der Waals surface area contributed by atoms with E-state index in [1.54, 1.807) is 20.4 Å². The van der Waals surface area contributed by atoms with E-state index in [4.69, 9.17) is 20.9 Å². The summed E-state index contributed by atoms with van der Waals surface area (Å²) in [5.41, 5.74) is 16.1. The fraction of sp³-hybridized carbons (Fsp3) is 0.261. The molecule has 4 N–H and O–H groups in total. The summed E-state index contributed by atoms with van der Waals surface area (Å²) in [6, 6.07) is 14.5. The van der Waals surface area contributed by atoms with E-state index in [0.717, 1.165) is 18.5 Å². The Balaban J connectivity index is 1.52. The van der Waals surface area contributed by atoms with Crippen LogP contribution in [0.2, 0.25) is 0 Å². The Bertz CT molecular complexity index is 1290. The fourth-order valence-electron chi connectivity index (χ4n) is 4.41. The molecule has 1 atom stereocenters. The van der Waals surface area contributed by atoms with E-state index < -0.39 is 0 Å². The van der Waals surface area contributed by atoms with Crippen molar-refractivity contribution in [2.45, 2.75) is 19.0 Å². The molecular formula is C23H25N7O2. The van der Waals surface area contributed by atoms with Gasteiger partial charge >= 0.3 is 0 Å². The molecule has 3 heterocycles. The highest BCUT2D eigenvalue weighted by Crippen LogP contribution is 2.35. The number of para-hydroxylation sites is 1. The first-order chi connectivity index (χ1) is 15.6. The highest BCUT2D eigenvalue weighted by atomic mass is 16.5. The minimum atomic E-state index is 0.0660. The first-order valence-electron chi connectivity index (χ1n) is 10.4. The zero-order valence-corrected chi connectivity index (χ0v) is 18.0. The molecule has 5 rings (SSSR count). The molecule has 2 aromatic heterocycles. The van der Waals surface area contributed by atoms with E-state index in [2.05, 4.69) is 50.3 Å². The van der Waals surface area contributed by atoms with Crippen LogP contribution >= 0.6 is 0 Å². The maximum atomic E-state index is 6.04. The summed E-state index contributed by atoms with van der Waals surface area (Å²) in [6.45, 7) is 1.47. The molecule has 1 unspecified atom stereocenters. The van der Waals surface area contributed by atoms with Gasteiger partial charge in [-0.25, -0.2) is 4.68 Å². The first-order valence-corrected chi connectivity index (χ1v) is 10.4. The van der Waals surface area contributed by atoms with E-state index in [1.165, 1.54) is 11.3 Å². The molecule has 1 aliphatic rings. The van der Waals surface area contributed by atoms with Gasteiger partial charge in [0.15, 0.2) is 17.1 Å². The van der Waals surface area contributed by atoms with Crippen LogP contribution in [0.5, 0.6) is 11.5 Å². The van der Waals surface area contributed by atoms with Crippen LogP contribution in [0, 0.1) is 0 Å². The van der Waals surface area contributed by atoms with Crippen molar-refractivity contribution in [2.75, 3.05) is 37.1 Å². The lowest BCUT2D eigenvalue weighted by Gasteiger charge is -2.36. The molecule has 9 nitrogen and oxygen atoms in total. The number of hydrogen-bond acceptors (Lipinski definition) is 8. The molecule has 164 valence electrons. The average Bonchev–Trinajstić information content (AvgIpc) is 3.23. The number of hydrogen-bond donors (Lipinski definition) is 2. The zero-order chi connectivity index (χ0) is 22.2. The van der Waals surface area contributed by atoms with Gasteiger partial charge in [-0.05, 0) is 35.7 Å². The molecule has 0 bridgehead atoms. The highest BCUT2D eigenvalue weighted by Gasteiger charge is 2.28. The number of ether oxygens (including phenoxy) is 2. The van der Waals surface area contributed by atoms with Gasteiger partial charge in [0.25, 0.3) is 0 Å². The molecule has 0 saturated heterocycles. The van der Waals surface area contributed by atoms with Crippen LogP contribution in [0.4, 0.5) is 17.5 Å². The van der Waals surface area contributed by atoms with Gasteiger partial charge in [0.2, 0.25) is 5.95 Å². The summed E-state index contributed by atoms with van der Waals surface area (Å²) in [6.07, 6.45) is 2.54. The van der Waals surface area contributed by atoms with Gasteiger partial charge < -0.3 is 25.8 Å². The Labute approximate surface area is 185 Å². The monoisotopic (exact) mass is 431 g/mol. The minimum Gasteiger partial charge on any atom is -0.493 e. The summed E-state index contributed by atoms with van der Waals surface area (Å²) < 4.78 is 12.8. The fourth-order valence-corrected chi connectivity index (χ4v) is 4.41. The number of aromatic nitrogens is 4. The van der Waals surface area contributed by atoms with Crippen LogP contribution in [-0.4, -0.2) is 40.5 Å². The van der Waals surface area contributed by atoms with Gasteiger partial charge in [-0.1, -0.05) is 24.3 Å². The second-order valence-electron chi connectivity index (χ2n) is 7.85. The minimum absolute atomic E-state index is 0.0660. The molecule has 0 aliphatic carbocycles. The highest BCUT2D eigenvalue weighted by molar-refractivity contribution is 5.86. The summed E-state index contributed by atoms with van der Waals surface area (Å²) in [5, 5.41) is 5.31. The maximum Gasteiger partial charge on any atom is 0.224 e. The molecule has 1 aliphatic heterocycles. The normalized spacial score (nSPS) is 15.6. The number of nitrogens with zero attached hydrogens (tertiary/aromatic N) is 5. The number of anilines is 3. The van der Waals surface area contributed by atoms with E-state index in [9.17, 15) is 0 Å². The molecule has 0 radical (unpaired) electrons. The van der Waals surface area contributed by atoms with Crippen molar-refractivity contribution < 1.29 is 9.47 Å². The summed E-state index contributed by atoms with van der Waals surface area (Å²) in [7, 11) is 3.29. The average molecular weight is 432 g/mol. The number of nitrogen functional groups attached to an aromatic ring is 2. The quantitative estimate of drug-likeness (QED) is 0.495. The molecule has 0 fully saturated rings. The lowest BCUT2D eigenvalue weighted by atomic mass is 9.97. The molecule has 9 heteroatoms. The van der Waals surface area contributed by atoms with Gasteiger partial charge in [-0.2, -0.15) is 15.1 Å². The van der Waals surface area contributed by atoms with Crippen molar-refractivity contribution >= 4 is 28.5 Å². The third kappa shape index (κ3) is 3.41. The maximum absolute atomic E-state index is 6.04. The van der Waals surface area contributed by atoms with Gasteiger partial charge in [0.1, 0.15) is 5.82 Å². The van der Waals surface area contributed by atoms with Gasteiger partial charge in [0, 0.05) is 18.8 Å². The Morgan fingerprint density at radius 3 is 2.66 bits per heavy atom. The van der Waals surface area contributed by atoms with Gasteiger partial charge in [-0.3, -0.25) is 0 Å². The van der Waals surface area contributed by atoms with Crippen LogP contribution in [0.1, 0.15) is 17.2 Å². The van der Waals surface area contributed by atoms with Crippen molar-refractivity contribution in [1.82, 2.24) is 19.7 Å². The Hall–Kier alpha value is -4.01. The van der Waals surface area contributed by atoms with Crippen LogP contribution in [0.15, 0.2) is 48.7 Å². The summed E-state index contributed by atoms with van der Waals surface area (Å²) >= 11 is 0. The van der Waals surface area contributed by atoms with Crippen molar-refractivity contribution in [1.29, 1.82) is 0 Å². The number of rotatable bonds is 5. The van der Waals surface area contributed by atoms with E-state index >= 15 is 0 Å². The smallest absolute Gasteiger partial charge is 0.224 e. The SMILES string of the molecule is COc1ccc(CN2CC(n3ncc4c(N)nc(N)nc43)Cc3ccccc32)cc1OC. The first kappa shape index (κ1) is 19.9. The van der Waals surface area contributed by atoms with Crippen LogP contribution < -0.4 is 25.8 Å². The van der Waals surface area contributed by atoms with Crippen LogP contribution in [0.25, 0.3) is 11.0 Å². The molecule has 4 aromatic rings. The van der Waals surface area contributed by atoms with Crippen molar-refractivity contribution in [3.8, 4) is 11.5 Å². The molecular weight excluding hydrogens is 406 g/mol. The predicted octanol–water partition coefficient (Wildman–Crippen LogP) is 2.81. The van der Waals surface area contributed by atoms with Gasteiger partial charge in [-0.15, -0.1) is 0 Å². The molecule has 0 saturated carbocycles. The van der Waals surface area contributed by atoms with E-state index in [0.29, 0.717) is 34.9 Å². The molecule has 32 heavy (non-hydrogen) atoms. The Morgan fingerprint density at radius 1 is 1.03 bits per heavy atom.